The van der Waals surface area contributed by atoms with Gasteiger partial charge in [0.2, 0.25) is 5.12 Å². The molecule has 0 fully saturated rings. The minimum absolute atomic E-state index is 0.167. The molecular weight excluding hydrogens is 320 g/mol. The Morgan fingerprint density at radius 3 is 3.25 bits per heavy atom. The largest absolute Gasteiger partial charge is 0.495 e. The Hall–Kier alpha value is -2.14. The van der Waals surface area contributed by atoms with E-state index < -0.39 is 0 Å². The minimum atomic E-state index is -0.240. The van der Waals surface area contributed by atoms with Crippen LogP contribution >= 0.6 is 11.8 Å². The molecule has 0 saturated heterocycles. The average Bonchev–Trinajstić information content (AvgIpc) is 3.16. The highest BCUT2D eigenvalue weighted by atomic mass is 32.2. The average molecular weight is 336 g/mol. The zero-order valence-corrected chi connectivity index (χ0v) is 14.1. The summed E-state index contributed by atoms with van der Waals surface area (Å²) in [4.78, 5) is 18.2. The molecule has 120 valence electrons. The second-order valence-electron chi connectivity index (χ2n) is 6.96. The molecule has 4 aliphatic rings. The molecule has 1 aliphatic carbocycles. The van der Waals surface area contributed by atoms with Gasteiger partial charge in [-0.1, -0.05) is 23.9 Å². The lowest BCUT2D eigenvalue weighted by Gasteiger charge is -2.50. The van der Waals surface area contributed by atoms with Gasteiger partial charge in [-0.2, -0.15) is 0 Å². The van der Waals surface area contributed by atoms with Crippen LogP contribution in [0.3, 0.4) is 0 Å². The Morgan fingerprint density at radius 1 is 1.46 bits per heavy atom. The second kappa shape index (κ2) is 4.09. The van der Waals surface area contributed by atoms with E-state index in [2.05, 4.69) is 34.3 Å². The maximum absolute atomic E-state index is 12.2. The van der Waals surface area contributed by atoms with E-state index in [1.807, 2.05) is 6.08 Å². The van der Waals surface area contributed by atoms with Crippen molar-refractivity contribution in [3.8, 4) is 5.75 Å². The number of benzene rings is 1. The molecule has 4 nitrogen and oxygen atoms in total. The molecule has 2 atom stereocenters. The van der Waals surface area contributed by atoms with Crippen LogP contribution in [0.4, 0.5) is 5.69 Å². The topological polar surface area (TPSA) is 45.3 Å². The first-order valence-corrected chi connectivity index (χ1v) is 9.14. The van der Waals surface area contributed by atoms with E-state index in [4.69, 9.17) is 4.74 Å². The van der Waals surface area contributed by atoms with E-state index in [0.29, 0.717) is 6.04 Å². The number of H-pyrrole nitrogens is 1. The van der Waals surface area contributed by atoms with Crippen molar-refractivity contribution >= 4 is 33.5 Å². The third-order valence-corrected chi connectivity index (χ3v) is 7.24. The molecular formula is C19H16N2O2S. The van der Waals surface area contributed by atoms with Gasteiger partial charge in [-0.3, -0.25) is 4.79 Å². The summed E-state index contributed by atoms with van der Waals surface area (Å²) in [7, 11) is 1.72. The van der Waals surface area contributed by atoms with Gasteiger partial charge < -0.3 is 14.6 Å². The summed E-state index contributed by atoms with van der Waals surface area (Å²) < 4.78 is 5.45. The number of hydrogen-bond acceptors (Lipinski definition) is 4. The van der Waals surface area contributed by atoms with Gasteiger partial charge in [-0.25, -0.2) is 0 Å². The van der Waals surface area contributed by atoms with Gasteiger partial charge in [0.25, 0.3) is 0 Å². The predicted octanol–water partition coefficient (Wildman–Crippen LogP) is 3.28. The summed E-state index contributed by atoms with van der Waals surface area (Å²) in [6.07, 6.45) is 10.4. The first-order valence-electron chi connectivity index (χ1n) is 8.33. The van der Waals surface area contributed by atoms with Crippen LogP contribution in [-0.2, 0) is 16.0 Å². The summed E-state index contributed by atoms with van der Waals surface area (Å²) in [6.45, 7) is 1.03. The number of carbonyl (C=O) groups is 1. The van der Waals surface area contributed by atoms with Crippen LogP contribution in [0.1, 0.15) is 17.5 Å². The van der Waals surface area contributed by atoms with Crippen LogP contribution < -0.4 is 9.64 Å². The zero-order chi connectivity index (χ0) is 16.1. The summed E-state index contributed by atoms with van der Waals surface area (Å²) in [6, 6.07) is 2.53. The van der Waals surface area contributed by atoms with Crippen molar-refractivity contribution in [3.63, 3.8) is 0 Å². The Bertz CT molecular complexity index is 1000. The smallest absolute Gasteiger partial charge is 0.213 e. The summed E-state index contributed by atoms with van der Waals surface area (Å²) >= 11 is 1.48. The molecule has 2 bridgehead atoms. The molecule has 0 unspecified atom stereocenters. The number of rotatable bonds is 1. The third kappa shape index (κ3) is 1.33. The molecule has 2 aromatic rings. The lowest BCUT2D eigenvalue weighted by molar-refractivity contribution is -0.106. The standard InChI is InChI=1S/C19H16N2O2S/c1-23-14-7-13-18-16-10(9-20-17(14)16)4-5-21(18)12-3-2-11-6-15(22)24-19(11,13)8-12/h2-3,6-7,9,12,20H,4-5,8H2,1H3/t12-,19+/m0/s1. The molecule has 0 radical (unpaired) electrons. The number of hydrogen-bond donors (Lipinski definition) is 1. The van der Waals surface area contributed by atoms with Gasteiger partial charge in [-0.05, 0) is 36.1 Å². The van der Waals surface area contributed by atoms with Crippen molar-refractivity contribution in [2.24, 2.45) is 0 Å². The van der Waals surface area contributed by atoms with Crippen molar-refractivity contribution in [3.05, 3.63) is 47.2 Å². The van der Waals surface area contributed by atoms with Crippen molar-refractivity contribution in [2.45, 2.75) is 23.6 Å². The summed E-state index contributed by atoms with van der Waals surface area (Å²) in [5.74, 6) is 0.874. The molecule has 4 heterocycles. The molecule has 6 rings (SSSR count). The molecule has 24 heavy (non-hydrogen) atoms. The second-order valence-corrected chi connectivity index (χ2v) is 8.26. The quantitative estimate of drug-likeness (QED) is 0.868. The van der Waals surface area contributed by atoms with E-state index in [1.54, 1.807) is 7.11 Å². The van der Waals surface area contributed by atoms with Gasteiger partial charge in [-0.15, -0.1) is 0 Å². The Labute approximate surface area is 143 Å². The number of allylic oxidation sites excluding steroid dienone is 1. The maximum atomic E-state index is 12.2. The third-order valence-electron chi connectivity index (χ3n) is 5.95. The Morgan fingerprint density at radius 2 is 2.38 bits per heavy atom. The van der Waals surface area contributed by atoms with Crippen LogP contribution in [-0.4, -0.2) is 29.8 Å². The number of aromatic nitrogens is 1. The van der Waals surface area contributed by atoms with Gasteiger partial charge >= 0.3 is 0 Å². The first kappa shape index (κ1) is 13.2. The number of thioether (sulfide) groups is 1. The Balaban J connectivity index is 1.78. The summed E-state index contributed by atoms with van der Waals surface area (Å²) in [5.41, 5.74) is 6.14. The van der Waals surface area contributed by atoms with Crippen LogP contribution in [0.25, 0.3) is 10.9 Å². The number of carbonyl (C=O) groups excluding carboxylic acids is 1. The molecule has 0 saturated carbocycles. The number of nitrogens with zero attached hydrogens (tertiary/aromatic N) is 1. The van der Waals surface area contributed by atoms with E-state index in [-0.39, 0.29) is 9.86 Å². The molecule has 1 aromatic heterocycles. The van der Waals surface area contributed by atoms with Crippen LogP contribution in [0.15, 0.2) is 36.1 Å². The van der Waals surface area contributed by atoms with E-state index in [9.17, 15) is 4.79 Å². The van der Waals surface area contributed by atoms with Gasteiger partial charge in [0, 0.05) is 29.7 Å². The fourth-order valence-corrected chi connectivity index (χ4v) is 6.24. The molecule has 1 spiro atoms. The highest BCUT2D eigenvalue weighted by Gasteiger charge is 2.53. The monoisotopic (exact) mass is 336 g/mol. The first-order chi connectivity index (χ1) is 11.7. The van der Waals surface area contributed by atoms with Crippen molar-refractivity contribution < 1.29 is 9.53 Å². The number of aromatic amines is 1. The number of anilines is 1. The lowest BCUT2D eigenvalue weighted by atomic mass is 9.74. The fourth-order valence-electron chi connectivity index (χ4n) is 4.94. The Kier molecular flexibility index (Phi) is 2.25. The van der Waals surface area contributed by atoms with E-state index in [0.717, 1.165) is 36.2 Å². The van der Waals surface area contributed by atoms with Gasteiger partial charge in [0.15, 0.2) is 0 Å². The number of ether oxygens (including phenoxy) is 1. The van der Waals surface area contributed by atoms with Crippen LogP contribution in [0.2, 0.25) is 0 Å². The lowest BCUT2D eigenvalue weighted by Crippen LogP contribution is -2.49. The minimum Gasteiger partial charge on any atom is -0.495 e. The fraction of sp³-hybridized carbons (Fsp3) is 0.316. The predicted molar refractivity (Wildman–Crippen MR) is 95.8 cm³/mol. The van der Waals surface area contributed by atoms with Gasteiger partial charge in [0.05, 0.1) is 23.1 Å². The molecule has 5 heteroatoms. The van der Waals surface area contributed by atoms with Crippen LogP contribution in [0.5, 0.6) is 5.75 Å². The molecule has 0 amide bonds. The molecule has 3 aliphatic heterocycles. The van der Waals surface area contributed by atoms with E-state index >= 15 is 0 Å². The SMILES string of the molecule is COc1cc2c3c4c(c[nH]c14)CCN3[C@H]1C=CC3=CC(=O)S[C@]32C1. The van der Waals surface area contributed by atoms with Crippen LogP contribution in [0, 0.1) is 0 Å². The number of fused-ring (bicyclic) bond motifs is 2. The summed E-state index contributed by atoms with van der Waals surface area (Å²) in [5, 5.41) is 1.45. The highest BCUT2D eigenvalue weighted by Crippen LogP contribution is 2.62. The van der Waals surface area contributed by atoms with Crippen molar-refractivity contribution in [1.29, 1.82) is 0 Å². The van der Waals surface area contributed by atoms with Crippen molar-refractivity contribution in [2.75, 3.05) is 18.6 Å². The normalized spacial score (nSPS) is 29.0. The molecule has 1 aromatic carbocycles. The highest BCUT2D eigenvalue weighted by molar-refractivity contribution is 8.15. The maximum Gasteiger partial charge on any atom is 0.213 e. The number of nitrogens with one attached hydrogen (secondary N) is 1. The van der Waals surface area contributed by atoms with Crippen molar-refractivity contribution in [1.82, 2.24) is 4.98 Å². The number of methoxy groups -OCH3 is 1. The zero-order valence-electron chi connectivity index (χ0n) is 13.3. The van der Waals surface area contributed by atoms with Gasteiger partial charge in [0.1, 0.15) is 5.75 Å². The molecule has 1 N–H and O–H groups in total. The van der Waals surface area contributed by atoms with E-state index in [1.165, 1.54) is 34.0 Å².